The van der Waals surface area contributed by atoms with Crippen LogP contribution in [0.5, 0.6) is 0 Å². The minimum Gasteiger partial charge on any atom is -0.462 e. The van der Waals surface area contributed by atoms with Gasteiger partial charge in [0.05, 0.1) is 26.4 Å². The molecule has 19 heteroatoms. The number of aliphatic hydroxyl groups is 1. The highest BCUT2D eigenvalue weighted by Crippen LogP contribution is 2.45. The van der Waals surface area contributed by atoms with Crippen LogP contribution in [0.15, 0.2) is 0 Å². The van der Waals surface area contributed by atoms with E-state index in [-0.39, 0.29) is 25.7 Å². The van der Waals surface area contributed by atoms with Crippen LogP contribution in [-0.2, 0) is 65.4 Å². The highest BCUT2D eigenvalue weighted by molar-refractivity contribution is 7.47. The van der Waals surface area contributed by atoms with Crippen LogP contribution in [0.1, 0.15) is 272 Å². The predicted octanol–water partition coefficient (Wildman–Crippen LogP) is 14.7. The molecule has 0 bridgehead atoms. The molecule has 0 saturated heterocycles. The Labute approximate surface area is 454 Å². The van der Waals surface area contributed by atoms with Gasteiger partial charge in [-0.2, -0.15) is 0 Å². The van der Waals surface area contributed by atoms with Crippen molar-refractivity contribution in [1.82, 2.24) is 0 Å². The molecule has 17 nitrogen and oxygen atoms in total. The number of carbonyl (C=O) groups excluding carboxylic acids is 4. The maximum Gasteiger partial charge on any atom is 0.472 e. The maximum atomic E-state index is 12.9. The first kappa shape index (κ1) is 73.1. The summed E-state index contributed by atoms with van der Waals surface area (Å²) in [6, 6.07) is 0. The molecule has 0 aliphatic carbocycles. The number of esters is 4. The minimum atomic E-state index is -4.93. The number of ether oxygens (including phenoxy) is 4. The van der Waals surface area contributed by atoms with Crippen LogP contribution in [-0.4, -0.2) is 96.7 Å². The van der Waals surface area contributed by atoms with Crippen molar-refractivity contribution >= 4 is 39.5 Å². The lowest BCUT2D eigenvalue weighted by atomic mass is 10.0. The van der Waals surface area contributed by atoms with Gasteiger partial charge in [-0.15, -0.1) is 0 Å². The van der Waals surface area contributed by atoms with Gasteiger partial charge in [0.2, 0.25) is 0 Å². The summed E-state index contributed by atoms with van der Waals surface area (Å²) in [5.41, 5.74) is 0. The van der Waals surface area contributed by atoms with E-state index >= 15 is 0 Å². The van der Waals surface area contributed by atoms with E-state index in [1.54, 1.807) is 0 Å². The van der Waals surface area contributed by atoms with Crippen LogP contribution in [0.3, 0.4) is 0 Å². The average molecular weight is 1120 g/mol. The summed E-state index contributed by atoms with van der Waals surface area (Å²) in [7, 11) is -9.85. The van der Waals surface area contributed by atoms with E-state index in [1.165, 1.54) is 89.9 Å². The van der Waals surface area contributed by atoms with Crippen molar-refractivity contribution in [2.75, 3.05) is 39.6 Å². The van der Waals surface area contributed by atoms with Crippen molar-refractivity contribution in [1.29, 1.82) is 0 Å². The number of hydrogen-bond donors (Lipinski definition) is 3. The predicted molar refractivity (Wildman–Crippen MR) is 294 cm³/mol. The molecule has 0 aromatic carbocycles. The molecule has 0 aromatic heterocycles. The minimum absolute atomic E-state index is 0.0987. The molecule has 444 valence electrons. The molecule has 0 amide bonds. The molecule has 3 N–H and O–H groups in total. The van der Waals surface area contributed by atoms with Gasteiger partial charge in [0.1, 0.15) is 19.3 Å². The van der Waals surface area contributed by atoms with Crippen molar-refractivity contribution < 1.29 is 80.2 Å². The lowest BCUT2D eigenvalue weighted by Crippen LogP contribution is -2.30. The number of rotatable bonds is 56. The number of hydrogen-bond acceptors (Lipinski definition) is 15. The summed E-state index contributed by atoms with van der Waals surface area (Å²) < 4.78 is 67.2. The first-order chi connectivity index (χ1) is 36.0. The summed E-state index contributed by atoms with van der Waals surface area (Å²) in [5.74, 6) is -1.40. The van der Waals surface area contributed by atoms with Crippen LogP contribution in [0.4, 0.5) is 0 Å². The molecule has 75 heavy (non-hydrogen) atoms. The lowest BCUT2D eigenvalue weighted by molar-refractivity contribution is -0.161. The Morgan fingerprint density at radius 3 is 0.907 bits per heavy atom. The summed E-state index contributed by atoms with van der Waals surface area (Å²) in [5, 5.41) is 10.4. The van der Waals surface area contributed by atoms with Gasteiger partial charge in [0.25, 0.3) is 0 Å². The van der Waals surface area contributed by atoms with E-state index in [0.29, 0.717) is 25.7 Å². The van der Waals surface area contributed by atoms with E-state index in [1.807, 2.05) is 0 Å². The molecule has 0 aliphatic rings. The van der Waals surface area contributed by atoms with Gasteiger partial charge >= 0.3 is 39.5 Å². The Balaban J connectivity index is 5.13. The highest BCUT2D eigenvalue weighted by Gasteiger charge is 2.30. The zero-order valence-electron chi connectivity index (χ0n) is 47.7. The molecular formula is C56H108O17P2. The second kappa shape index (κ2) is 50.3. The fraction of sp³-hybridized carbons (Fsp3) is 0.929. The Morgan fingerprint density at radius 1 is 0.360 bits per heavy atom. The van der Waals surface area contributed by atoms with Gasteiger partial charge in [-0.1, -0.05) is 221 Å². The fourth-order valence-electron chi connectivity index (χ4n) is 8.17. The first-order valence-electron chi connectivity index (χ1n) is 29.6. The molecule has 0 radical (unpaired) electrons. The van der Waals surface area contributed by atoms with Gasteiger partial charge < -0.3 is 33.8 Å². The molecule has 5 atom stereocenters. The van der Waals surface area contributed by atoms with Crippen molar-refractivity contribution in [2.45, 2.75) is 291 Å². The van der Waals surface area contributed by atoms with Crippen molar-refractivity contribution in [3.63, 3.8) is 0 Å². The van der Waals surface area contributed by atoms with E-state index in [2.05, 4.69) is 34.6 Å². The van der Waals surface area contributed by atoms with Gasteiger partial charge in [-0.25, -0.2) is 9.13 Å². The van der Waals surface area contributed by atoms with E-state index in [0.717, 1.165) is 102 Å². The smallest absolute Gasteiger partial charge is 0.462 e. The molecule has 0 spiro atoms. The van der Waals surface area contributed by atoms with Crippen molar-refractivity contribution in [3.05, 3.63) is 0 Å². The highest BCUT2D eigenvalue weighted by atomic mass is 31.2. The number of phosphoric acid groups is 2. The SMILES string of the molecule is CCCCCCCCCCCCCC(=O)OC[C@H](COP(=O)(O)OC[C@@H](O)COP(=O)(O)OC[C@@H](COC(=O)CCCCCCC)OC(=O)CCCCCCC)OC(=O)CCCCCCCCCCCCCC(C)C. The monoisotopic (exact) mass is 1110 g/mol. The van der Waals surface area contributed by atoms with E-state index in [9.17, 15) is 43.2 Å². The summed E-state index contributed by atoms with van der Waals surface area (Å²) in [6.07, 6.45) is 31.4. The number of carbonyl (C=O) groups is 4. The molecule has 0 saturated carbocycles. The van der Waals surface area contributed by atoms with E-state index < -0.39 is 97.5 Å². The third kappa shape index (κ3) is 51.3. The Hall–Kier alpha value is -1.94. The van der Waals surface area contributed by atoms with Gasteiger partial charge in [-0.3, -0.25) is 37.3 Å². The zero-order chi connectivity index (χ0) is 55.7. The maximum absolute atomic E-state index is 12.9. The second-order valence-corrected chi connectivity index (χ2v) is 23.7. The van der Waals surface area contributed by atoms with Crippen LogP contribution in [0.2, 0.25) is 0 Å². The normalized spacial score (nSPS) is 14.5. The molecule has 0 aromatic rings. The topological polar surface area (TPSA) is 237 Å². The first-order valence-corrected chi connectivity index (χ1v) is 32.6. The number of aliphatic hydroxyl groups excluding tert-OH is 1. The Kier molecular flexibility index (Phi) is 49.0. The quantitative estimate of drug-likeness (QED) is 0.0222. The largest absolute Gasteiger partial charge is 0.472 e. The summed E-state index contributed by atoms with van der Waals surface area (Å²) in [4.78, 5) is 71.3. The molecule has 0 heterocycles. The third-order valence-electron chi connectivity index (χ3n) is 12.8. The lowest BCUT2D eigenvalue weighted by Gasteiger charge is -2.21. The summed E-state index contributed by atoms with van der Waals surface area (Å²) >= 11 is 0. The molecule has 0 rings (SSSR count). The van der Waals surface area contributed by atoms with Crippen LogP contribution in [0.25, 0.3) is 0 Å². The van der Waals surface area contributed by atoms with Gasteiger partial charge in [0.15, 0.2) is 12.2 Å². The van der Waals surface area contributed by atoms with E-state index in [4.69, 9.17) is 37.0 Å². The average Bonchev–Trinajstić information content (AvgIpc) is 3.37. The molecule has 2 unspecified atom stereocenters. The molecule has 0 aliphatic heterocycles. The Morgan fingerprint density at radius 2 is 0.613 bits per heavy atom. The molecule has 0 fully saturated rings. The number of phosphoric ester groups is 2. The van der Waals surface area contributed by atoms with Crippen LogP contribution >= 0.6 is 15.6 Å². The fourth-order valence-corrected chi connectivity index (χ4v) is 9.75. The van der Waals surface area contributed by atoms with Crippen molar-refractivity contribution in [3.8, 4) is 0 Å². The van der Waals surface area contributed by atoms with Crippen molar-refractivity contribution in [2.24, 2.45) is 5.92 Å². The number of unbranched alkanes of at least 4 members (excludes halogenated alkanes) is 28. The zero-order valence-corrected chi connectivity index (χ0v) is 49.5. The Bertz CT molecular complexity index is 1480. The molecular weight excluding hydrogens is 1010 g/mol. The van der Waals surface area contributed by atoms with Crippen LogP contribution in [0, 0.1) is 5.92 Å². The van der Waals surface area contributed by atoms with Gasteiger partial charge in [0, 0.05) is 25.7 Å². The third-order valence-corrected chi connectivity index (χ3v) is 14.7. The standard InChI is InChI=1S/C56H108O17P2/c1-6-9-12-15-16-17-19-23-26-31-35-40-54(59)67-46-52(73-56(61)42-37-32-27-24-21-18-20-22-25-30-33-38-49(4)5)48-71-75(64,65)69-44-50(57)43-68-74(62,63)70-47-51(72-55(60)41-36-29-14-11-8-3)45-66-53(58)39-34-28-13-10-7-2/h49-52,57H,6-48H2,1-5H3,(H,62,63)(H,64,65)/t50-,51+,52+/m0/s1. The van der Waals surface area contributed by atoms with Crippen LogP contribution < -0.4 is 0 Å². The second-order valence-electron chi connectivity index (χ2n) is 20.8. The van der Waals surface area contributed by atoms with Gasteiger partial charge in [-0.05, 0) is 31.6 Å². The summed E-state index contributed by atoms with van der Waals surface area (Å²) in [6.45, 7) is 6.95.